The van der Waals surface area contributed by atoms with E-state index in [1.807, 2.05) is 13.8 Å². The number of aromatic hydroxyl groups is 2. The van der Waals surface area contributed by atoms with Gasteiger partial charge in [0, 0.05) is 18.7 Å². The Bertz CT molecular complexity index is 483. The normalized spacial score (nSPS) is 25.4. The third-order valence-corrected chi connectivity index (χ3v) is 4.05. The number of nitrogens with zero attached hydrogens (tertiary/aromatic N) is 1. The van der Waals surface area contributed by atoms with Crippen LogP contribution in [0.3, 0.4) is 0 Å². The first kappa shape index (κ1) is 13.7. The molecule has 104 valence electrons. The van der Waals surface area contributed by atoms with Crippen LogP contribution < -0.4 is 5.73 Å². The Morgan fingerprint density at radius 1 is 1.37 bits per heavy atom. The summed E-state index contributed by atoms with van der Waals surface area (Å²) in [7, 11) is 0. The van der Waals surface area contributed by atoms with Gasteiger partial charge in [0.05, 0.1) is 5.41 Å². The summed E-state index contributed by atoms with van der Waals surface area (Å²) in [5.74, 6) is -0.196. The van der Waals surface area contributed by atoms with Crippen molar-refractivity contribution >= 4 is 5.91 Å². The molecule has 1 aromatic carbocycles. The molecule has 1 aliphatic heterocycles. The lowest BCUT2D eigenvalue weighted by molar-refractivity contribution is -0.126. The third kappa shape index (κ3) is 2.66. The summed E-state index contributed by atoms with van der Waals surface area (Å²) in [5.41, 5.74) is 5.77. The van der Waals surface area contributed by atoms with E-state index in [-0.39, 0.29) is 23.4 Å². The first-order chi connectivity index (χ1) is 8.82. The van der Waals surface area contributed by atoms with E-state index >= 15 is 0 Å². The predicted molar refractivity (Wildman–Crippen MR) is 71.7 cm³/mol. The van der Waals surface area contributed by atoms with Crippen LogP contribution in [0.1, 0.15) is 31.9 Å². The molecule has 0 saturated carbocycles. The van der Waals surface area contributed by atoms with Crippen molar-refractivity contribution in [1.82, 2.24) is 4.90 Å². The summed E-state index contributed by atoms with van der Waals surface area (Å²) >= 11 is 0. The van der Waals surface area contributed by atoms with Crippen molar-refractivity contribution in [1.29, 1.82) is 0 Å². The molecular weight excluding hydrogens is 244 g/mol. The van der Waals surface area contributed by atoms with E-state index in [9.17, 15) is 15.0 Å². The van der Waals surface area contributed by atoms with Crippen LogP contribution in [-0.2, 0) is 4.79 Å². The summed E-state index contributed by atoms with van der Waals surface area (Å²) in [5, 5.41) is 19.0. The van der Waals surface area contributed by atoms with Crippen LogP contribution in [0.5, 0.6) is 11.5 Å². The number of phenols is 2. The zero-order valence-electron chi connectivity index (χ0n) is 11.3. The third-order valence-electron chi connectivity index (χ3n) is 4.05. The predicted octanol–water partition coefficient (Wildman–Crippen LogP) is 1.36. The first-order valence-electron chi connectivity index (χ1n) is 6.39. The van der Waals surface area contributed by atoms with Crippen LogP contribution in [0, 0.1) is 5.41 Å². The summed E-state index contributed by atoms with van der Waals surface area (Å²) in [6.07, 6.45) is 0.734. The minimum Gasteiger partial charge on any atom is -0.508 e. The van der Waals surface area contributed by atoms with Crippen LogP contribution in [-0.4, -0.2) is 34.1 Å². The Morgan fingerprint density at radius 3 is 2.42 bits per heavy atom. The molecule has 0 bridgehead atoms. The van der Waals surface area contributed by atoms with E-state index in [1.54, 1.807) is 12.1 Å². The number of carbonyl (C=O) groups excluding carboxylic acids is 1. The average molecular weight is 264 g/mol. The summed E-state index contributed by atoms with van der Waals surface area (Å²) in [6, 6.07) is 4.57. The highest BCUT2D eigenvalue weighted by Crippen LogP contribution is 2.36. The van der Waals surface area contributed by atoms with Gasteiger partial charge in [0.15, 0.2) is 0 Å². The number of benzene rings is 1. The fourth-order valence-electron chi connectivity index (χ4n) is 2.60. The van der Waals surface area contributed by atoms with Crippen LogP contribution in [0.2, 0.25) is 0 Å². The molecule has 5 nitrogen and oxygen atoms in total. The first-order valence-corrected chi connectivity index (χ1v) is 6.39. The number of likely N-dealkylation sites (tertiary alicyclic amines) is 1. The maximum absolute atomic E-state index is 11.5. The molecule has 1 saturated heterocycles. The maximum atomic E-state index is 11.5. The molecule has 0 aromatic heterocycles. The molecule has 4 N–H and O–H groups in total. The number of carbonyl (C=O) groups is 1. The number of rotatable bonds is 3. The van der Waals surface area contributed by atoms with Crippen molar-refractivity contribution in [3.8, 4) is 11.5 Å². The smallest absolute Gasteiger partial charge is 0.224 e. The van der Waals surface area contributed by atoms with Gasteiger partial charge in [-0.1, -0.05) is 0 Å². The maximum Gasteiger partial charge on any atom is 0.224 e. The number of primary amides is 1. The molecule has 1 aromatic rings. The van der Waals surface area contributed by atoms with Gasteiger partial charge in [-0.3, -0.25) is 9.69 Å². The van der Waals surface area contributed by atoms with Crippen LogP contribution in [0.4, 0.5) is 0 Å². The Kier molecular flexibility index (Phi) is 3.41. The minimum absolute atomic E-state index is 0.0131. The Labute approximate surface area is 112 Å². The van der Waals surface area contributed by atoms with Crippen molar-refractivity contribution in [3.05, 3.63) is 23.8 Å². The molecule has 1 fully saturated rings. The number of nitrogens with two attached hydrogens (primary N) is 1. The monoisotopic (exact) mass is 264 g/mol. The molecule has 2 unspecified atom stereocenters. The van der Waals surface area contributed by atoms with E-state index in [0.29, 0.717) is 6.54 Å². The molecule has 2 atom stereocenters. The van der Waals surface area contributed by atoms with E-state index < -0.39 is 5.41 Å². The Balaban J connectivity index is 2.17. The summed E-state index contributed by atoms with van der Waals surface area (Å²) < 4.78 is 0. The molecule has 5 heteroatoms. The zero-order chi connectivity index (χ0) is 14.2. The summed E-state index contributed by atoms with van der Waals surface area (Å²) in [4.78, 5) is 13.6. The van der Waals surface area contributed by atoms with Crippen molar-refractivity contribution in [2.24, 2.45) is 11.1 Å². The van der Waals surface area contributed by atoms with Gasteiger partial charge in [-0.25, -0.2) is 0 Å². The van der Waals surface area contributed by atoms with Crippen molar-refractivity contribution < 1.29 is 15.0 Å². The summed E-state index contributed by atoms with van der Waals surface area (Å²) in [6.45, 7) is 5.24. The van der Waals surface area contributed by atoms with E-state index in [4.69, 9.17) is 5.73 Å². The van der Waals surface area contributed by atoms with Gasteiger partial charge in [-0.15, -0.1) is 0 Å². The van der Waals surface area contributed by atoms with Gasteiger partial charge in [0.2, 0.25) is 5.91 Å². The van der Waals surface area contributed by atoms with Gasteiger partial charge in [0.25, 0.3) is 0 Å². The average Bonchev–Trinajstić information content (AvgIpc) is 2.71. The van der Waals surface area contributed by atoms with Crippen LogP contribution >= 0.6 is 0 Å². The quantitative estimate of drug-likeness (QED) is 0.769. The molecule has 0 aliphatic carbocycles. The van der Waals surface area contributed by atoms with Gasteiger partial charge in [0.1, 0.15) is 11.5 Å². The largest absolute Gasteiger partial charge is 0.508 e. The molecule has 1 heterocycles. The lowest BCUT2D eigenvalue weighted by Gasteiger charge is -2.27. The second kappa shape index (κ2) is 4.74. The second-order valence-corrected chi connectivity index (χ2v) is 5.60. The van der Waals surface area contributed by atoms with Crippen molar-refractivity contribution in [2.75, 3.05) is 13.1 Å². The van der Waals surface area contributed by atoms with Gasteiger partial charge in [-0.05, 0) is 44.5 Å². The van der Waals surface area contributed by atoms with Gasteiger partial charge in [-0.2, -0.15) is 0 Å². The van der Waals surface area contributed by atoms with Crippen LogP contribution in [0.25, 0.3) is 0 Å². The van der Waals surface area contributed by atoms with Gasteiger partial charge < -0.3 is 15.9 Å². The highest BCUT2D eigenvalue weighted by molar-refractivity contribution is 5.81. The lowest BCUT2D eigenvalue weighted by Crippen LogP contribution is -2.37. The minimum atomic E-state index is -0.493. The van der Waals surface area contributed by atoms with Crippen molar-refractivity contribution in [3.63, 3.8) is 0 Å². The van der Waals surface area contributed by atoms with Crippen LogP contribution in [0.15, 0.2) is 18.2 Å². The number of hydrogen-bond acceptors (Lipinski definition) is 4. The van der Waals surface area contributed by atoms with E-state index in [1.165, 1.54) is 6.07 Å². The second-order valence-electron chi connectivity index (χ2n) is 5.60. The molecule has 2 rings (SSSR count). The SMILES string of the molecule is CC(c1cc(O)cc(O)c1)N1CCC(C)(C(N)=O)C1. The molecule has 19 heavy (non-hydrogen) atoms. The standard InChI is InChI=1S/C14H20N2O3/c1-9(10-5-11(17)7-12(18)6-10)16-4-3-14(2,8-16)13(15)19/h5-7,9,17-18H,3-4,8H2,1-2H3,(H2,15,19). The molecule has 0 radical (unpaired) electrons. The molecular formula is C14H20N2O3. The molecule has 1 amide bonds. The number of phenolic OH excluding ortho intramolecular Hbond substituents is 2. The van der Waals surface area contributed by atoms with E-state index in [0.717, 1.165) is 18.5 Å². The molecule has 1 aliphatic rings. The molecule has 0 spiro atoms. The zero-order valence-corrected chi connectivity index (χ0v) is 11.3. The Hall–Kier alpha value is -1.75. The fourth-order valence-corrected chi connectivity index (χ4v) is 2.60. The van der Waals surface area contributed by atoms with E-state index in [2.05, 4.69) is 4.90 Å². The lowest BCUT2D eigenvalue weighted by atomic mass is 9.89. The Morgan fingerprint density at radius 2 is 1.95 bits per heavy atom. The number of hydrogen-bond donors (Lipinski definition) is 3. The van der Waals surface area contributed by atoms with Crippen molar-refractivity contribution in [2.45, 2.75) is 26.3 Å². The number of amides is 1. The topological polar surface area (TPSA) is 86.8 Å². The highest BCUT2D eigenvalue weighted by Gasteiger charge is 2.40. The van der Waals surface area contributed by atoms with Gasteiger partial charge >= 0.3 is 0 Å². The fraction of sp³-hybridized carbons (Fsp3) is 0.500. The highest BCUT2D eigenvalue weighted by atomic mass is 16.3.